The van der Waals surface area contributed by atoms with Crippen LogP contribution in [0.2, 0.25) is 5.02 Å². The van der Waals surface area contributed by atoms with Gasteiger partial charge in [0.25, 0.3) is 0 Å². The van der Waals surface area contributed by atoms with Crippen molar-refractivity contribution in [3.63, 3.8) is 0 Å². The Hall–Kier alpha value is -1.65. The van der Waals surface area contributed by atoms with E-state index in [0.717, 1.165) is 0 Å². The zero-order chi connectivity index (χ0) is 13.8. The molecule has 1 aliphatic heterocycles. The predicted octanol–water partition coefficient (Wildman–Crippen LogP) is 2.34. The van der Waals surface area contributed by atoms with Crippen LogP contribution in [0.25, 0.3) is 0 Å². The molecule has 1 aromatic rings. The third-order valence-corrected chi connectivity index (χ3v) is 3.13. The number of ether oxygens (including phenoxy) is 1. The summed E-state index contributed by atoms with van der Waals surface area (Å²) in [4.78, 5) is 24.5. The van der Waals surface area contributed by atoms with E-state index in [1.54, 1.807) is 29.2 Å². The topological polar surface area (TPSA) is 46.6 Å². The molecule has 4 nitrogen and oxygen atoms in total. The minimum absolute atomic E-state index is 0.0181. The van der Waals surface area contributed by atoms with Gasteiger partial charge in [0.15, 0.2) is 12.0 Å². The lowest BCUT2D eigenvalue weighted by molar-refractivity contribution is -0.158. The van der Waals surface area contributed by atoms with Crippen molar-refractivity contribution in [2.75, 3.05) is 13.1 Å². The molecule has 1 aliphatic rings. The van der Waals surface area contributed by atoms with E-state index in [2.05, 4.69) is 0 Å². The van der Waals surface area contributed by atoms with Crippen molar-refractivity contribution in [2.45, 2.75) is 13.2 Å². The molecule has 1 aromatic carbocycles. The van der Waals surface area contributed by atoms with Gasteiger partial charge in [-0.15, -0.1) is 0 Å². The van der Waals surface area contributed by atoms with Crippen molar-refractivity contribution >= 4 is 23.4 Å². The Labute approximate surface area is 116 Å². The molecule has 1 heterocycles. The average Bonchev–Trinajstić information content (AvgIpc) is 2.37. The van der Waals surface area contributed by atoms with E-state index in [9.17, 15) is 9.59 Å². The number of ketones is 1. The molecular formula is C14H14ClNO3. The highest BCUT2D eigenvalue weighted by molar-refractivity contribution is 6.31. The Kier molecular flexibility index (Phi) is 4.35. The van der Waals surface area contributed by atoms with Gasteiger partial charge in [-0.05, 0) is 12.1 Å². The van der Waals surface area contributed by atoms with E-state index in [1.807, 2.05) is 6.07 Å². The van der Waals surface area contributed by atoms with Gasteiger partial charge in [-0.2, -0.15) is 0 Å². The van der Waals surface area contributed by atoms with Crippen LogP contribution in [0, 0.1) is 0 Å². The number of esters is 1. The van der Waals surface area contributed by atoms with Gasteiger partial charge in [0, 0.05) is 24.1 Å². The van der Waals surface area contributed by atoms with E-state index >= 15 is 0 Å². The number of rotatable bonds is 3. The number of benzene rings is 1. The van der Waals surface area contributed by atoms with Crippen molar-refractivity contribution in [3.05, 3.63) is 47.0 Å². The van der Waals surface area contributed by atoms with Gasteiger partial charge in [-0.1, -0.05) is 35.9 Å². The normalized spacial score (nSPS) is 17.3. The summed E-state index contributed by atoms with van der Waals surface area (Å²) >= 11 is 6.14. The highest BCUT2D eigenvalue weighted by Crippen LogP contribution is 2.29. The fraction of sp³-hybridized carbons (Fsp3) is 0.286. The molecule has 0 fully saturated rings. The zero-order valence-electron chi connectivity index (χ0n) is 10.5. The second-order valence-electron chi connectivity index (χ2n) is 4.28. The number of hydrogen-bond donors (Lipinski definition) is 0. The quantitative estimate of drug-likeness (QED) is 0.797. The first kappa shape index (κ1) is 13.8. The minimum atomic E-state index is -0.639. The molecule has 5 heteroatoms. The molecule has 0 saturated carbocycles. The molecule has 0 spiro atoms. The van der Waals surface area contributed by atoms with Crippen LogP contribution in [0.15, 0.2) is 36.4 Å². The van der Waals surface area contributed by atoms with Crippen molar-refractivity contribution in [1.82, 2.24) is 4.90 Å². The average molecular weight is 280 g/mol. The van der Waals surface area contributed by atoms with E-state index in [1.165, 1.54) is 13.0 Å². The first-order chi connectivity index (χ1) is 9.08. The SMILES string of the molecule is CC(=O)OC(c1ccccc1Cl)N1CC=CC(=O)C1. The van der Waals surface area contributed by atoms with Crippen LogP contribution in [-0.4, -0.2) is 29.7 Å². The molecule has 1 unspecified atom stereocenters. The maximum atomic E-state index is 11.5. The maximum Gasteiger partial charge on any atom is 0.304 e. The van der Waals surface area contributed by atoms with E-state index in [0.29, 0.717) is 17.1 Å². The molecule has 0 radical (unpaired) electrons. The van der Waals surface area contributed by atoms with Crippen LogP contribution in [-0.2, 0) is 14.3 Å². The number of carbonyl (C=O) groups excluding carboxylic acids is 2. The summed E-state index contributed by atoms with van der Waals surface area (Å²) in [5, 5.41) is 0.510. The van der Waals surface area contributed by atoms with Gasteiger partial charge in [0.1, 0.15) is 0 Å². The lowest BCUT2D eigenvalue weighted by Gasteiger charge is -2.31. The number of nitrogens with zero attached hydrogens (tertiary/aromatic N) is 1. The second-order valence-corrected chi connectivity index (χ2v) is 4.69. The van der Waals surface area contributed by atoms with Gasteiger partial charge >= 0.3 is 5.97 Å². The first-order valence-corrected chi connectivity index (χ1v) is 6.31. The Morgan fingerprint density at radius 3 is 2.79 bits per heavy atom. The van der Waals surface area contributed by atoms with E-state index < -0.39 is 12.2 Å². The van der Waals surface area contributed by atoms with Gasteiger partial charge in [0.05, 0.1) is 6.54 Å². The smallest absolute Gasteiger partial charge is 0.304 e. The van der Waals surface area contributed by atoms with Crippen molar-refractivity contribution in [3.8, 4) is 0 Å². The van der Waals surface area contributed by atoms with E-state index in [-0.39, 0.29) is 12.3 Å². The standard InChI is InChI=1S/C14H14ClNO3/c1-10(17)19-14(12-6-2-3-7-13(12)15)16-8-4-5-11(18)9-16/h2-7,14H,8-9H2,1H3. The third-order valence-electron chi connectivity index (χ3n) is 2.78. The monoisotopic (exact) mass is 279 g/mol. The summed E-state index contributed by atoms with van der Waals surface area (Å²) in [5.41, 5.74) is 0.683. The molecule has 0 amide bonds. The highest BCUT2D eigenvalue weighted by Gasteiger charge is 2.27. The van der Waals surface area contributed by atoms with Crippen LogP contribution in [0.5, 0.6) is 0 Å². The van der Waals surface area contributed by atoms with Gasteiger partial charge < -0.3 is 4.74 Å². The third kappa shape index (κ3) is 3.43. The lowest BCUT2D eigenvalue weighted by atomic mass is 10.1. The summed E-state index contributed by atoms with van der Waals surface area (Å²) in [7, 11) is 0. The summed E-state index contributed by atoms with van der Waals surface area (Å²) in [6.45, 7) is 2.08. The second kappa shape index (κ2) is 5.99. The Morgan fingerprint density at radius 2 is 2.16 bits per heavy atom. The van der Waals surface area contributed by atoms with Crippen LogP contribution >= 0.6 is 11.6 Å². The summed E-state index contributed by atoms with van der Waals surface area (Å²) in [6.07, 6.45) is 2.65. The van der Waals surface area contributed by atoms with Gasteiger partial charge in [0.2, 0.25) is 0 Å². The highest BCUT2D eigenvalue weighted by atomic mass is 35.5. The van der Waals surface area contributed by atoms with Crippen LogP contribution in [0.4, 0.5) is 0 Å². The molecule has 19 heavy (non-hydrogen) atoms. The lowest BCUT2D eigenvalue weighted by Crippen LogP contribution is -2.38. The molecule has 0 saturated heterocycles. The van der Waals surface area contributed by atoms with E-state index in [4.69, 9.17) is 16.3 Å². The van der Waals surface area contributed by atoms with Crippen LogP contribution in [0.1, 0.15) is 18.7 Å². The first-order valence-electron chi connectivity index (χ1n) is 5.93. The Bertz CT molecular complexity index is 527. The summed E-state index contributed by atoms with van der Waals surface area (Å²) < 4.78 is 5.32. The predicted molar refractivity (Wildman–Crippen MR) is 71.7 cm³/mol. The van der Waals surface area contributed by atoms with Gasteiger partial charge in [-0.25, -0.2) is 0 Å². The van der Waals surface area contributed by atoms with Crippen LogP contribution in [0.3, 0.4) is 0 Å². The maximum absolute atomic E-state index is 11.5. The number of carbonyl (C=O) groups is 2. The molecular weight excluding hydrogens is 266 g/mol. The minimum Gasteiger partial charge on any atom is -0.442 e. The molecule has 0 aliphatic carbocycles. The van der Waals surface area contributed by atoms with Gasteiger partial charge in [-0.3, -0.25) is 14.5 Å². The summed E-state index contributed by atoms with van der Waals surface area (Å²) in [6, 6.07) is 7.14. The molecule has 100 valence electrons. The van der Waals surface area contributed by atoms with Crippen molar-refractivity contribution in [2.24, 2.45) is 0 Å². The molecule has 1 atom stereocenters. The van der Waals surface area contributed by atoms with Crippen molar-refractivity contribution in [1.29, 1.82) is 0 Å². The van der Waals surface area contributed by atoms with Crippen molar-refractivity contribution < 1.29 is 14.3 Å². The van der Waals surface area contributed by atoms with Crippen LogP contribution < -0.4 is 0 Å². The molecule has 2 rings (SSSR count). The zero-order valence-corrected chi connectivity index (χ0v) is 11.3. The molecule has 0 N–H and O–H groups in total. The Morgan fingerprint density at radius 1 is 1.42 bits per heavy atom. The Balaban J connectivity index is 2.31. The number of hydrogen-bond acceptors (Lipinski definition) is 4. The summed E-state index contributed by atoms with van der Waals surface area (Å²) in [5.74, 6) is -0.428. The largest absolute Gasteiger partial charge is 0.442 e. The molecule has 0 bridgehead atoms. The number of halogens is 1. The fourth-order valence-electron chi connectivity index (χ4n) is 1.98. The molecule has 0 aromatic heterocycles. The fourth-order valence-corrected chi connectivity index (χ4v) is 2.21.